The van der Waals surface area contributed by atoms with Crippen LogP contribution >= 0.6 is 43.2 Å². The predicted molar refractivity (Wildman–Crippen MR) is 72.2 cm³/mol. The number of carbonyl (C=O) groups excluding carboxylic acids is 1. The summed E-state index contributed by atoms with van der Waals surface area (Å²) >= 11 is 8.33. The van der Waals surface area contributed by atoms with Crippen LogP contribution < -0.4 is 0 Å². The lowest BCUT2D eigenvalue weighted by molar-refractivity contribution is 0.0691. The summed E-state index contributed by atoms with van der Waals surface area (Å²) < 4.78 is 7.39. The SMILES string of the molecule is CCC1OCCC1C(=O)c1scc(Br)c1Br. The Morgan fingerprint density at radius 2 is 2.38 bits per heavy atom. The van der Waals surface area contributed by atoms with Gasteiger partial charge in [-0.25, -0.2) is 0 Å². The van der Waals surface area contributed by atoms with Crippen molar-refractivity contribution in [1.82, 2.24) is 0 Å². The normalized spacial score (nSPS) is 24.9. The molecule has 2 heterocycles. The molecule has 1 aliphatic heterocycles. The lowest BCUT2D eigenvalue weighted by atomic mass is 9.94. The van der Waals surface area contributed by atoms with E-state index in [1.807, 2.05) is 5.38 Å². The maximum absolute atomic E-state index is 12.3. The zero-order valence-electron chi connectivity index (χ0n) is 8.83. The van der Waals surface area contributed by atoms with E-state index in [-0.39, 0.29) is 17.8 Å². The van der Waals surface area contributed by atoms with Crippen molar-refractivity contribution in [1.29, 1.82) is 0 Å². The van der Waals surface area contributed by atoms with Crippen molar-refractivity contribution in [3.63, 3.8) is 0 Å². The number of hydrogen-bond donors (Lipinski definition) is 0. The molecule has 0 aliphatic carbocycles. The Kier molecular flexibility index (Phi) is 4.21. The second-order valence-corrected chi connectivity index (χ2v) is 6.33. The van der Waals surface area contributed by atoms with E-state index >= 15 is 0 Å². The zero-order valence-corrected chi connectivity index (χ0v) is 12.8. The molecule has 0 aromatic carbocycles. The predicted octanol–water partition coefficient (Wildman–Crippen LogP) is 4.27. The van der Waals surface area contributed by atoms with Crippen LogP contribution in [-0.4, -0.2) is 18.5 Å². The van der Waals surface area contributed by atoms with Crippen LogP contribution in [-0.2, 0) is 4.74 Å². The summed E-state index contributed by atoms with van der Waals surface area (Å²) in [4.78, 5) is 13.1. The molecule has 0 saturated carbocycles. The van der Waals surface area contributed by atoms with Crippen LogP contribution in [0.3, 0.4) is 0 Å². The highest BCUT2D eigenvalue weighted by Gasteiger charge is 2.34. The molecule has 5 heteroatoms. The van der Waals surface area contributed by atoms with Gasteiger partial charge in [0.05, 0.1) is 21.4 Å². The highest BCUT2D eigenvalue weighted by Crippen LogP contribution is 2.36. The van der Waals surface area contributed by atoms with E-state index in [9.17, 15) is 4.79 Å². The molecular weight excluding hydrogens is 356 g/mol. The van der Waals surface area contributed by atoms with Crippen LogP contribution in [0, 0.1) is 5.92 Å². The fourth-order valence-electron chi connectivity index (χ4n) is 2.01. The van der Waals surface area contributed by atoms with Crippen molar-refractivity contribution >= 4 is 49.0 Å². The molecule has 0 amide bonds. The van der Waals surface area contributed by atoms with Crippen molar-refractivity contribution in [2.75, 3.05) is 6.61 Å². The first-order valence-corrected chi connectivity index (χ1v) is 7.70. The van der Waals surface area contributed by atoms with Crippen LogP contribution in [0.1, 0.15) is 29.4 Å². The highest BCUT2D eigenvalue weighted by atomic mass is 79.9. The van der Waals surface area contributed by atoms with Gasteiger partial charge in [0.2, 0.25) is 0 Å². The number of rotatable bonds is 3. The maximum atomic E-state index is 12.3. The summed E-state index contributed by atoms with van der Waals surface area (Å²) in [6, 6.07) is 0. The van der Waals surface area contributed by atoms with Crippen LogP contribution in [0.2, 0.25) is 0 Å². The summed E-state index contributed by atoms with van der Waals surface area (Å²) in [5.41, 5.74) is 0. The molecule has 2 nitrogen and oxygen atoms in total. The molecule has 0 radical (unpaired) electrons. The number of hydrogen-bond acceptors (Lipinski definition) is 3. The number of thiophene rings is 1. The zero-order chi connectivity index (χ0) is 11.7. The van der Waals surface area contributed by atoms with Gasteiger partial charge in [0.1, 0.15) is 0 Å². The molecule has 2 unspecified atom stereocenters. The van der Waals surface area contributed by atoms with E-state index in [4.69, 9.17) is 4.74 Å². The topological polar surface area (TPSA) is 26.3 Å². The summed E-state index contributed by atoms with van der Waals surface area (Å²) in [6.07, 6.45) is 1.85. The van der Waals surface area contributed by atoms with Gasteiger partial charge in [-0.05, 0) is 44.7 Å². The molecule has 88 valence electrons. The average Bonchev–Trinajstić information content (AvgIpc) is 2.86. The third kappa shape index (κ3) is 2.28. The fraction of sp³-hybridized carbons (Fsp3) is 0.545. The van der Waals surface area contributed by atoms with Gasteiger partial charge in [-0.3, -0.25) is 4.79 Å². The number of carbonyl (C=O) groups is 1. The van der Waals surface area contributed by atoms with Gasteiger partial charge in [-0.2, -0.15) is 0 Å². The summed E-state index contributed by atoms with van der Waals surface area (Å²) in [7, 11) is 0. The quantitative estimate of drug-likeness (QED) is 0.745. The van der Waals surface area contributed by atoms with Gasteiger partial charge >= 0.3 is 0 Å². The van der Waals surface area contributed by atoms with E-state index in [1.54, 1.807) is 0 Å². The number of Topliss-reactive ketones (excluding diaryl/α,β-unsaturated/α-hetero) is 1. The minimum atomic E-state index is 0.0341. The van der Waals surface area contributed by atoms with Crippen molar-refractivity contribution in [3.05, 3.63) is 19.2 Å². The van der Waals surface area contributed by atoms with Crippen LogP contribution in [0.4, 0.5) is 0 Å². The Morgan fingerprint density at radius 1 is 1.62 bits per heavy atom. The Balaban J connectivity index is 2.22. The molecule has 0 N–H and O–H groups in total. The highest BCUT2D eigenvalue weighted by molar-refractivity contribution is 9.13. The maximum Gasteiger partial charge on any atom is 0.179 e. The molecule has 2 rings (SSSR count). The molecule has 2 atom stereocenters. The van der Waals surface area contributed by atoms with E-state index in [2.05, 4.69) is 38.8 Å². The van der Waals surface area contributed by atoms with Gasteiger partial charge < -0.3 is 4.74 Å². The van der Waals surface area contributed by atoms with Crippen molar-refractivity contribution in [2.24, 2.45) is 5.92 Å². The van der Waals surface area contributed by atoms with E-state index in [0.717, 1.165) is 26.7 Å². The Hall–Kier alpha value is 0.290. The molecular formula is C11H12Br2O2S. The molecule has 1 aromatic rings. The first-order chi connectivity index (χ1) is 7.65. The second-order valence-electron chi connectivity index (χ2n) is 3.80. The molecule has 16 heavy (non-hydrogen) atoms. The van der Waals surface area contributed by atoms with Crippen molar-refractivity contribution in [2.45, 2.75) is 25.9 Å². The van der Waals surface area contributed by atoms with Crippen LogP contribution in [0.5, 0.6) is 0 Å². The number of ether oxygens (including phenoxy) is 1. The Bertz CT molecular complexity index is 403. The minimum Gasteiger partial charge on any atom is -0.377 e. The van der Waals surface area contributed by atoms with Crippen molar-refractivity contribution in [3.8, 4) is 0 Å². The monoisotopic (exact) mass is 366 g/mol. The Labute approximate surface area is 116 Å². The minimum absolute atomic E-state index is 0.0341. The summed E-state index contributed by atoms with van der Waals surface area (Å²) in [5, 5.41) is 1.94. The van der Waals surface area contributed by atoms with Crippen LogP contribution in [0.15, 0.2) is 14.3 Å². The third-order valence-electron chi connectivity index (χ3n) is 2.86. The van der Waals surface area contributed by atoms with Gasteiger partial charge in [0.25, 0.3) is 0 Å². The van der Waals surface area contributed by atoms with E-state index in [0.29, 0.717) is 6.61 Å². The number of ketones is 1. The summed E-state index contributed by atoms with van der Waals surface area (Å²) in [6.45, 7) is 2.77. The summed E-state index contributed by atoms with van der Waals surface area (Å²) in [5.74, 6) is 0.249. The molecule has 1 aliphatic rings. The molecule has 0 bridgehead atoms. The number of halogens is 2. The third-order valence-corrected chi connectivity index (χ3v) is 6.40. The second kappa shape index (κ2) is 5.29. The molecule has 1 aromatic heterocycles. The lowest BCUT2D eigenvalue weighted by Crippen LogP contribution is -2.23. The molecule has 1 saturated heterocycles. The van der Waals surface area contributed by atoms with Gasteiger partial charge in [-0.1, -0.05) is 6.92 Å². The average molecular weight is 368 g/mol. The van der Waals surface area contributed by atoms with Gasteiger partial charge in [0, 0.05) is 16.5 Å². The van der Waals surface area contributed by atoms with E-state index < -0.39 is 0 Å². The standard InChI is InChI=1S/C11H12Br2O2S/c1-2-8-6(3-4-15-8)10(14)11-9(13)7(12)5-16-11/h5-6,8H,2-4H2,1H3. The van der Waals surface area contributed by atoms with Gasteiger partial charge in [-0.15, -0.1) is 11.3 Å². The molecule has 1 fully saturated rings. The van der Waals surface area contributed by atoms with Crippen molar-refractivity contribution < 1.29 is 9.53 Å². The van der Waals surface area contributed by atoms with Gasteiger partial charge in [0.15, 0.2) is 5.78 Å². The largest absolute Gasteiger partial charge is 0.377 e. The first-order valence-electron chi connectivity index (χ1n) is 5.23. The first kappa shape index (κ1) is 12.7. The van der Waals surface area contributed by atoms with E-state index in [1.165, 1.54) is 11.3 Å². The fourth-order valence-corrected chi connectivity index (χ4v) is 4.18. The lowest BCUT2D eigenvalue weighted by Gasteiger charge is -2.14. The smallest absolute Gasteiger partial charge is 0.179 e. The van der Waals surface area contributed by atoms with Crippen LogP contribution in [0.25, 0.3) is 0 Å². The molecule has 0 spiro atoms. The Morgan fingerprint density at radius 3 is 2.94 bits per heavy atom.